The number of ether oxygens (including phenoxy) is 2. The second-order valence-electron chi connectivity index (χ2n) is 7.47. The van der Waals surface area contributed by atoms with Gasteiger partial charge in [-0.05, 0) is 68.5 Å². The highest BCUT2D eigenvalue weighted by Crippen LogP contribution is 2.36. The van der Waals surface area contributed by atoms with Gasteiger partial charge in [-0.2, -0.15) is 0 Å². The molecule has 0 unspecified atom stereocenters. The molecule has 1 saturated heterocycles. The van der Waals surface area contributed by atoms with E-state index in [-0.39, 0.29) is 5.91 Å². The summed E-state index contributed by atoms with van der Waals surface area (Å²) in [7, 11) is 0. The fourth-order valence-electron chi connectivity index (χ4n) is 3.97. The van der Waals surface area contributed by atoms with Gasteiger partial charge in [0.2, 0.25) is 6.79 Å². The van der Waals surface area contributed by atoms with E-state index in [9.17, 15) is 4.79 Å². The number of piperidine rings is 1. The van der Waals surface area contributed by atoms with E-state index >= 15 is 0 Å². The summed E-state index contributed by atoms with van der Waals surface area (Å²) in [5, 5.41) is 2.98. The molecule has 2 aliphatic rings. The van der Waals surface area contributed by atoms with Crippen LogP contribution in [0.3, 0.4) is 0 Å². The van der Waals surface area contributed by atoms with Crippen molar-refractivity contribution in [3.63, 3.8) is 0 Å². The van der Waals surface area contributed by atoms with Gasteiger partial charge in [0.05, 0.1) is 5.56 Å². The maximum atomic E-state index is 12.1. The van der Waals surface area contributed by atoms with Crippen LogP contribution in [-0.2, 0) is 6.42 Å². The maximum Gasteiger partial charge on any atom is 0.252 e. The molecule has 3 heterocycles. The number of aromatic nitrogens is 1. The van der Waals surface area contributed by atoms with Gasteiger partial charge in [-0.25, -0.2) is 0 Å². The van der Waals surface area contributed by atoms with E-state index in [0.717, 1.165) is 43.5 Å². The molecule has 0 spiro atoms. The van der Waals surface area contributed by atoms with Crippen LogP contribution in [0.1, 0.15) is 35.2 Å². The van der Waals surface area contributed by atoms with Crippen molar-refractivity contribution in [2.45, 2.75) is 25.7 Å². The summed E-state index contributed by atoms with van der Waals surface area (Å²) in [4.78, 5) is 18.5. The first kappa shape index (κ1) is 18.7. The summed E-state index contributed by atoms with van der Waals surface area (Å²) < 4.78 is 11.1. The molecule has 1 aromatic carbocycles. The Hall–Kier alpha value is -2.60. The van der Waals surface area contributed by atoms with Gasteiger partial charge >= 0.3 is 0 Å². The number of carbonyl (C=O) groups excluding carboxylic acids is 1. The monoisotopic (exact) mass is 381 g/mol. The van der Waals surface area contributed by atoms with Crippen LogP contribution in [0.4, 0.5) is 0 Å². The summed E-state index contributed by atoms with van der Waals surface area (Å²) >= 11 is 0. The lowest BCUT2D eigenvalue weighted by Crippen LogP contribution is -2.39. The minimum absolute atomic E-state index is 0.0513. The van der Waals surface area contributed by atoms with E-state index < -0.39 is 0 Å². The van der Waals surface area contributed by atoms with Crippen molar-refractivity contribution >= 4 is 5.91 Å². The molecule has 0 aliphatic carbocycles. The van der Waals surface area contributed by atoms with Crippen molar-refractivity contribution in [1.82, 2.24) is 15.2 Å². The van der Waals surface area contributed by atoms with E-state index in [1.807, 2.05) is 12.1 Å². The number of aryl methyl sites for hydroxylation is 1. The SMILES string of the molecule is O=C(NCCN1CCC(CCc2cccc3c2OCO3)CC1)c1cccnc1. The van der Waals surface area contributed by atoms with Crippen LogP contribution in [0.15, 0.2) is 42.7 Å². The Morgan fingerprint density at radius 2 is 2.07 bits per heavy atom. The number of nitrogens with one attached hydrogen (secondary N) is 1. The normalized spacial score (nSPS) is 16.9. The number of pyridine rings is 1. The topological polar surface area (TPSA) is 63.7 Å². The largest absolute Gasteiger partial charge is 0.454 e. The molecule has 6 nitrogen and oxygen atoms in total. The molecule has 1 fully saturated rings. The molecule has 4 rings (SSSR count). The number of benzene rings is 1. The van der Waals surface area contributed by atoms with Gasteiger partial charge in [0.1, 0.15) is 0 Å². The Labute approximate surface area is 165 Å². The zero-order valence-electron chi connectivity index (χ0n) is 16.1. The van der Waals surface area contributed by atoms with Crippen LogP contribution in [0.2, 0.25) is 0 Å². The first-order chi connectivity index (χ1) is 13.8. The highest BCUT2D eigenvalue weighted by Gasteiger charge is 2.21. The summed E-state index contributed by atoms with van der Waals surface area (Å²) in [6.45, 7) is 4.10. The van der Waals surface area contributed by atoms with Gasteiger partial charge in [-0.1, -0.05) is 12.1 Å². The molecule has 0 radical (unpaired) electrons. The molecule has 0 bridgehead atoms. The lowest BCUT2D eigenvalue weighted by atomic mass is 9.90. The third kappa shape index (κ3) is 4.62. The number of fused-ring (bicyclic) bond motifs is 1. The molecular weight excluding hydrogens is 354 g/mol. The number of amides is 1. The number of rotatable bonds is 7. The van der Waals surface area contributed by atoms with Crippen LogP contribution in [0.25, 0.3) is 0 Å². The summed E-state index contributed by atoms with van der Waals surface area (Å²) in [5.41, 5.74) is 1.87. The summed E-state index contributed by atoms with van der Waals surface area (Å²) in [5.74, 6) is 2.51. The molecule has 28 heavy (non-hydrogen) atoms. The Bertz CT molecular complexity index is 789. The third-order valence-corrected chi connectivity index (χ3v) is 5.64. The standard InChI is InChI=1S/C22H27N3O3/c26-22(19-4-2-10-23-15-19)24-11-14-25-12-8-17(9-13-25)6-7-18-3-1-5-20-21(18)28-16-27-20/h1-5,10,15,17H,6-9,11-14,16H2,(H,24,26). The fourth-order valence-corrected chi connectivity index (χ4v) is 3.97. The highest BCUT2D eigenvalue weighted by molar-refractivity contribution is 5.93. The van der Waals surface area contributed by atoms with Crippen LogP contribution >= 0.6 is 0 Å². The highest BCUT2D eigenvalue weighted by atomic mass is 16.7. The summed E-state index contributed by atoms with van der Waals surface area (Å²) in [6, 6.07) is 9.73. The lowest BCUT2D eigenvalue weighted by Gasteiger charge is -2.32. The number of para-hydroxylation sites is 1. The third-order valence-electron chi connectivity index (χ3n) is 5.64. The van der Waals surface area contributed by atoms with Crippen molar-refractivity contribution in [2.75, 3.05) is 33.0 Å². The van der Waals surface area contributed by atoms with Crippen molar-refractivity contribution in [2.24, 2.45) is 5.92 Å². The maximum absolute atomic E-state index is 12.1. The molecule has 148 valence electrons. The van der Waals surface area contributed by atoms with Crippen molar-refractivity contribution in [3.05, 3.63) is 53.9 Å². The molecule has 6 heteroatoms. The Morgan fingerprint density at radius 1 is 1.18 bits per heavy atom. The average molecular weight is 381 g/mol. The molecule has 2 aromatic rings. The number of hydrogen-bond acceptors (Lipinski definition) is 5. The minimum atomic E-state index is -0.0513. The van der Waals surface area contributed by atoms with Crippen LogP contribution in [0, 0.1) is 5.92 Å². The lowest BCUT2D eigenvalue weighted by molar-refractivity contribution is 0.0943. The van der Waals surface area contributed by atoms with Crippen molar-refractivity contribution in [1.29, 1.82) is 0 Å². The smallest absolute Gasteiger partial charge is 0.252 e. The van der Waals surface area contributed by atoms with Gasteiger partial charge in [-0.3, -0.25) is 9.78 Å². The van der Waals surface area contributed by atoms with E-state index in [1.165, 1.54) is 24.8 Å². The second kappa shape index (κ2) is 9.06. The fraction of sp³-hybridized carbons (Fsp3) is 0.455. The number of likely N-dealkylation sites (tertiary alicyclic amines) is 1. The predicted octanol–water partition coefficient (Wildman–Crippen LogP) is 2.88. The minimum Gasteiger partial charge on any atom is -0.454 e. The van der Waals surface area contributed by atoms with Crippen LogP contribution < -0.4 is 14.8 Å². The van der Waals surface area contributed by atoms with Crippen molar-refractivity contribution < 1.29 is 14.3 Å². The number of nitrogens with zero attached hydrogens (tertiary/aromatic N) is 2. The molecule has 1 N–H and O–H groups in total. The van der Waals surface area contributed by atoms with E-state index in [1.54, 1.807) is 24.5 Å². The first-order valence-corrected chi connectivity index (χ1v) is 10.1. The zero-order valence-corrected chi connectivity index (χ0v) is 16.1. The van der Waals surface area contributed by atoms with Crippen molar-refractivity contribution in [3.8, 4) is 11.5 Å². The first-order valence-electron chi connectivity index (χ1n) is 10.1. The van der Waals surface area contributed by atoms with Gasteiger partial charge in [0.15, 0.2) is 11.5 Å². The van der Waals surface area contributed by atoms with Crippen LogP contribution in [0.5, 0.6) is 11.5 Å². The molecule has 0 atom stereocenters. The Balaban J connectivity index is 1.15. The summed E-state index contributed by atoms with van der Waals surface area (Å²) in [6.07, 6.45) is 7.92. The van der Waals surface area contributed by atoms with Gasteiger partial charge < -0.3 is 19.7 Å². The molecule has 1 aromatic heterocycles. The van der Waals surface area contributed by atoms with Gasteiger partial charge in [-0.15, -0.1) is 0 Å². The molecule has 2 aliphatic heterocycles. The molecule has 1 amide bonds. The Morgan fingerprint density at radius 3 is 2.89 bits per heavy atom. The zero-order chi connectivity index (χ0) is 19.2. The van der Waals surface area contributed by atoms with Crippen LogP contribution in [-0.4, -0.2) is 48.8 Å². The average Bonchev–Trinajstić information content (AvgIpc) is 3.23. The van der Waals surface area contributed by atoms with Gasteiger partial charge in [0, 0.05) is 25.5 Å². The second-order valence-corrected chi connectivity index (χ2v) is 7.47. The Kier molecular flexibility index (Phi) is 6.07. The molecular formula is C22H27N3O3. The van der Waals surface area contributed by atoms with E-state index in [4.69, 9.17) is 9.47 Å². The number of carbonyl (C=O) groups is 1. The van der Waals surface area contributed by atoms with Gasteiger partial charge in [0.25, 0.3) is 5.91 Å². The predicted molar refractivity (Wildman–Crippen MR) is 107 cm³/mol. The molecule has 0 saturated carbocycles. The van der Waals surface area contributed by atoms with E-state index in [0.29, 0.717) is 18.9 Å². The number of hydrogen-bond donors (Lipinski definition) is 1. The quantitative estimate of drug-likeness (QED) is 0.799. The van der Waals surface area contributed by atoms with E-state index in [2.05, 4.69) is 21.3 Å².